The van der Waals surface area contributed by atoms with Crippen LogP contribution in [0.15, 0.2) is 18.2 Å². The molecule has 1 atom stereocenters. The van der Waals surface area contributed by atoms with Crippen LogP contribution in [0.2, 0.25) is 10.0 Å². The van der Waals surface area contributed by atoms with Crippen molar-refractivity contribution in [1.29, 1.82) is 0 Å². The molecule has 3 N–H and O–H groups in total. The third kappa shape index (κ3) is 6.95. The largest absolute Gasteiger partial charge is 0.339 e. The lowest BCUT2D eigenvalue weighted by molar-refractivity contribution is 0.212. The zero-order chi connectivity index (χ0) is 17.8. The van der Waals surface area contributed by atoms with Crippen LogP contribution in [-0.4, -0.2) is 40.1 Å². The van der Waals surface area contributed by atoms with E-state index in [1.165, 1.54) is 4.90 Å². The summed E-state index contributed by atoms with van der Waals surface area (Å²) in [5, 5.41) is 8.96. The second-order valence-electron chi connectivity index (χ2n) is 4.55. The number of hydrogen-bond acceptors (Lipinski definition) is 2. The number of rotatable bonds is 3. The SMILES string of the molecule is CN(C)C(=O)N[C@@H](NC(=S)Nc1ccc(Cl)c(Cl)c1)C(Cl)(Cl)Cl. The molecule has 0 aliphatic carbocycles. The molecule has 1 aromatic rings. The molecule has 0 bridgehead atoms. The Kier molecular flexibility index (Phi) is 7.77. The maximum absolute atomic E-state index is 11.7. The Morgan fingerprint density at radius 2 is 1.78 bits per heavy atom. The van der Waals surface area contributed by atoms with Crippen molar-refractivity contribution in [3.05, 3.63) is 28.2 Å². The minimum atomic E-state index is -1.82. The van der Waals surface area contributed by atoms with Crippen molar-refractivity contribution in [3.8, 4) is 0 Å². The van der Waals surface area contributed by atoms with Crippen molar-refractivity contribution in [2.24, 2.45) is 0 Å². The molecule has 0 heterocycles. The number of halogens is 5. The molecule has 0 saturated heterocycles. The van der Waals surface area contributed by atoms with Gasteiger partial charge in [0.15, 0.2) is 11.3 Å². The average Bonchev–Trinajstić information content (AvgIpc) is 2.40. The second kappa shape index (κ2) is 8.65. The van der Waals surface area contributed by atoms with E-state index in [2.05, 4.69) is 16.0 Å². The summed E-state index contributed by atoms with van der Waals surface area (Å²) in [6.45, 7) is 0. The first-order valence-electron chi connectivity index (χ1n) is 6.08. The van der Waals surface area contributed by atoms with Crippen LogP contribution < -0.4 is 16.0 Å². The highest BCUT2D eigenvalue weighted by molar-refractivity contribution is 7.80. The normalized spacial score (nSPS) is 12.3. The van der Waals surface area contributed by atoms with Crippen molar-refractivity contribution in [1.82, 2.24) is 15.5 Å². The quantitative estimate of drug-likeness (QED) is 0.375. The number of amides is 2. The van der Waals surface area contributed by atoms with Crippen LogP contribution in [-0.2, 0) is 0 Å². The van der Waals surface area contributed by atoms with Gasteiger partial charge in [-0.1, -0.05) is 58.0 Å². The van der Waals surface area contributed by atoms with E-state index in [4.69, 9.17) is 70.2 Å². The van der Waals surface area contributed by atoms with Crippen molar-refractivity contribution in [2.45, 2.75) is 9.96 Å². The molecule has 5 nitrogen and oxygen atoms in total. The first-order chi connectivity index (χ1) is 10.5. The smallest absolute Gasteiger partial charge is 0.318 e. The Labute approximate surface area is 164 Å². The molecule has 0 aromatic heterocycles. The molecule has 0 spiro atoms. The predicted octanol–water partition coefficient (Wildman–Crippen LogP) is 4.25. The van der Waals surface area contributed by atoms with E-state index in [0.717, 1.165) is 0 Å². The van der Waals surface area contributed by atoms with E-state index < -0.39 is 16.0 Å². The molecule has 0 aliphatic rings. The minimum absolute atomic E-state index is 0.124. The van der Waals surface area contributed by atoms with E-state index in [1.807, 2.05) is 0 Å². The number of hydrogen-bond donors (Lipinski definition) is 3. The summed E-state index contributed by atoms with van der Waals surface area (Å²) < 4.78 is -1.82. The van der Waals surface area contributed by atoms with Crippen molar-refractivity contribution in [2.75, 3.05) is 19.4 Å². The summed E-state index contributed by atoms with van der Waals surface area (Å²) in [5.41, 5.74) is 0.582. The van der Waals surface area contributed by atoms with Gasteiger partial charge in [0.25, 0.3) is 0 Å². The van der Waals surface area contributed by atoms with Crippen molar-refractivity contribution >= 4 is 87.1 Å². The van der Waals surface area contributed by atoms with E-state index in [9.17, 15) is 4.79 Å². The molecule has 1 rings (SSSR count). The van der Waals surface area contributed by atoms with E-state index in [1.54, 1.807) is 32.3 Å². The van der Waals surface area contributed by atoms with Gasteiger partial charge in [0, 0.05) is 19.8 Å². The summed E-state index contributed by atoms with van der Waals surface area (Å²) in [6, 6.07) is 4.41. The summed E-state index contributed by atoms with van der Waals surface area (Å²) in [6.07, 6.45) is -1.05. The lowest BCUT2D eigenvalue weighted by atomic mass is 10.3. The van der Waals surface area contributed by atoms with E-state index in [0.29, 0.717) is 15.7 Å². The molecule has 0 aliphatic heterocycles. The zero-order valence-corrected chi connectivity index (χ0v) is 16.6. The third-order valence-electron chi connectivity index (χ3n) is 2.45. The first kappa shape index (κ1) is 20.7. The summed E-state index contributed by atoms with van der Waals surface area (Å²) in [7, 11) is 3.11. The van der Waals surface area contributed by atoms with Gasteiger partial charge in [-0.05, 0) is 30.4 Å². The number of urea groups is 1. The van der Waals surface area contributed by atoms with E-state index in [-0.39, 0.29) is 5.11 Å². The molecule has 0 unspecified atom stereocenters. The van der Waals surface area contributed by atoms with Crippen LogP contribution in [0.4, 0.5) is 10.5 Å². The number of benzene rings is 1. The number of alkyl halides is 3. The van der Waals surface area contributed by atoms with Gasteiger partial charge in [-0.3, -0.25) is 0 Å². The molecule has 0 radical (unpaired) electrons. The van der Waals surface area contributed by atoms with Gasteiger partial charge in [0.2, 0.25) is 3.79 Å². The fourth-order valence-electron chi connectivity index (χ4n) is 1.32. The monoisotopic (exact) mass is 436 g/mol. The van der Waals surface area contributed by atoms with Crippen LogP contribution in [0.25, 0.3) is 0 Å². The molecule has 11 heteroatoms. The van der Waals surface area contributed by atoms with Crippen LogP contribution >= 0.6 is 70.2 Å². The standard InChI is InChI=1S/C12H13Cl5N4OS/c1-21(2)11(22)20-9(12(15,16)17)19-10(23)18-6-3-4-7(13)8(14)5-6/h3-5,9H,1-2H3,(H,20,22)(H2,18,19,23)/t9-/m1/s1. The van der Waals surface area contributed by atoms with Crippen molar-refractivity contribution in [3.63, 3.8) is 0 Å². The lowest BCUT2D eigenvalue weighted by Gasteiger charge is -2.28. The molecular formula is C12H13Cl5N4OS. The minimum Gasteiger partial charge on any atom is -0.339 e. The van der Waals surface area contributed by atoms with Crippen LogP contribution in [0.1, 0.15) is 0 Å². The Bertz CT molecular complexity index is 593. The van der Waals surface area contributed by atoms with Crippen LogP contribution in [0, 0.1) is 0 Å². The Morgan fingerprint density at radius 1 is 1.17 bits per heavy atom. The van der Waals surface area contributed by atoms with Gasteiger partial charge in [0.05, 0.1) is 10.0 Å². The average molecular weight is 439 g/mol. The summed E-state index contributed by atoms with van der Waals surface area (Å²) in [4.78, 5) is 13.0. The number of carbonyl (C=O) groups excluding carboxylic acids is 1. The second-order valence-corrected chi connectivity index (χ2v) is 8.14. The topological polar surface area (TPSA) is 56.4 Å². The number of nitrogens with one attached hydrogen (secondary N) is 3. The highest BCUT2D eigenvalue weighted by atomic mass is 35.6. The molecule has 23 heavy (non-hydrogen) atoms. The highest BCUT2D eigenvalue weighted by Gasteiger charge is 2.35. The van der Waals surface area contributed by atoms with Gasteiger partial charge in [-0.2, -0.15) is 0 Å². The Balaban J connectivity index is 2.76. The molecule has 2 amide bonds. The molecule has 128 valence electrons. The maximum Gasteiger partial charge on any atom is 0.318 e. The fraction of sp³-hybridized carbons (Fsp3) is 0.333. The number of nitrogens with zero attached hydrogens (tertiary/aromatic N) is 1. The molecule has 0 saturated carbocycles. The van der Waals surface area contributed by atoms with Gasteiger partial charge in [-0.25, -0.2) is 4.79 Å². The van der Waals surface area contributed by atoms with Crippen molar-refractivity contribution < 1.29 is 4.79 Å². The first-order valence-corrected chi connectivity index (χ1v) is 8.37. The molecular weight excluding hydrogens is 425 g/mol. The number of carbonyl (C=O) groups is 1. The third-order valence-corrected chi connectivity index (χ3v) is 4.07. The summed E-state index contributed by atoms with van der Waals surface area (Å²) >= 11 is 34.4. The molecule has 1 aromatic carbocycles. The Hall–Kier alpha value is -0.370. The zero-order valence-electron chi connectivity index (χ0n) is 12.0. The van der Waals surface area contributed by atoms with Crippen LogP contribution in [0.5, 0.6) is 0 Å². The predicted molar refractivity (Wildman–Crippen MR) is 102 cm³/mol. The Morgan fingerprint density at radius 3 is 2.26 bits per heavy atom. The van der Waals surface area contributed by atoms with Gasteiger partial charge in [0.1, 0.15) is 0 Å². The highest BCUT2D eigenvalue weighted by Crippen LogP contribution is 2.29. The lowest BCUT2D eigenvalue weighted by Crippen LogP contribution is -2.57. The van der Waals surface area contributed by atoms with Crippen LogP contribution in [0.3, 0.4) is 0 Å². The summed E-state index contributed by atoms with van der Waals surface area (Å²) in [5.74, 6) is 0. The van der Waals surface area contributed by atoms with E-state index >= 15 is 0 Å². The van der Waals surface area contributed by atoms with Gasteiger partial charge in [-0.15, -0.1) is 0 Å². The van der Waals surface area contributed by atoms with Gasteiger partial charge >= 0.3 is 6.03 Å². The maximum atomic E-state index is 11.7. The number of anilines is 1. The fourth-order valence-corrected chi connectivity index (χ4v) is 2.19. The van der Waals surface area contributed by atoms with Gasteiger partial charge < -0.3 is 20.9 Å². The number of thiocarbonyl (C=S) groups is 1. The molecule has 0 fully saturated rings.